The molecule has 0 saturated carbocycles. The third-order valence-corrected chi connectivity index (χ3v) is 2.57. The van der Waals surface area contributed by atoms with Gasteiger partial charge in [-0.3, -0.25) is 14.4 Å². The summed E-state index contributed by atoms with van der Waals surface area (Å²) in [4.78, 5) is 33.9. The van der Waals surface area contributed by atoms with E-state index in [0.717, 1.165) is 12.8 Å². The molecule has 114 valence electrons. The van der Waals surface area contributed by atoms with Crippen LogP contribution in [-0.2, 0) is 19.1 Å². The fourth-order valence-electron chi connectivity index (χ4n) is 1.61. The molecule has 1 rings (SSSR count). The van der Waals surface area contributed by atoms with Crippen LogP contribution < -0.4 is 10.6 Å². The van der Waals surface area contributed by atoms with Crippen molar-refractivity contribution in [2.24, 2.45) is 0 Å². The van der Waals surface area contributed by atoms with Gasteiger partial charge in [0.05, 0.1) is 0 Å². The van der Waals surface area contributed by atoms with Gasteiger partial charge in [-0.15, -0.1) is 0 Å². The van der Waals surface area contributed by atoms with E-state index in [9.17, 15) is 14.4 Å². The topological polar surface area (TPSA) is 84.5 Å². The summed E-state index contributed by atoms with van der Waals surface area (Å²) >= 11 is 0. The molecule has 0 aromatic heterocycles. The van der Waals surface area contributed by atoms with Crippen molar-refractivity contribution < 1.29 is 19.1 Å². The molecule has 1 aromatic rings. The molecule has 0 fully saturated rings. The zero-order chi connectivity index (χ0) is 15.7. The molecule has 0 spiro atoms. The average Bonchev–Trinajstić information content (AvgIpc) is 2.42. The highest BCUT2D eigenvalue weighted by Crippen LogP contribution is 2.14. The van der Waals surface area contributed by atoms with E-state index in [2.05, 4.69) is 10.6 Å². The quantitative estimate of drug-likeness (QED) is 0.755. The number of rotatable bonds is 7. The smallest absolute Gasteiger partial charge is 0.306 e. The Morgan fingerprint density at radius 1 is 1.14 bits per heavy atom. The number of carbonyl (C=O) groups is 3. The lowest BCUT2D eigenvalue weighted by Crippen LogP contribution is -2.20. The third kappa shape index (κ3) is 7.10. The first kappa shape index (κ1) is 16.7. The van der Waals surface area contributed by atoms with Crippen molar-refractivity contribution in [1.29, 1.82) is 0 Å². The Hall–Kier alpha value is -2.37. The minimum atomic E-state index is -0.417. The zero-order valence-electron chi connectivity index (χ0n) is 12.3. The molecule has 21 heavy (non-hydrogen) atoms. The van der Waals surface area contributed by atoms with Crippen molar-refractivity contribution in [3.8, 4) is 0 Å². The summed E-state index contributed by atoms with van der Waals surface area (Å²) in [5, 5.41) is 5.22. The van der Waals surface area contributed by atoms with Crippen LogP contribution in [-0.4, -0.2) is 24.4 Å². The van der Waals surface area contributed by atoms with Crippen LogP contribution in [0.25, 0.3) is 0 Å². The van der Waals surface area contributed by atoms with Crippen molar-refractivity contribution in [1.82, 2.24) is 0 Å². The molecule has 0 atom stereocenters. The standard InChI is InChI=1S/C15H20N2O4/c1-3-4-8-15(20)21-10-14(19)17-13-7-5-6-12(9-13)16-11(2)18/h5-7,9H,3-4,8,10H2,1-2H3,(H,16,18)(H,17,19). The summed E-state index contributed by atoms with van der Waals surface area (Å²) in [7, 11) is 0. The predicted molar refractivity (Wildman–Crippen MR) is 79.9 cm³/mol. The minimum Gasteiger partial charge on any atom is -0.456 e. The van der Waals surface area contributed by atoms with Crippen LogP contribution in [0.4, 0.5) is 11.4 Å². The molecular formula is C15H20N2O4. The van der Waals surface area contributed by atoms with Crippen LogP contribution in [0.2, 0.25) is 0 Å². The molecule has 0 saturated heterocycles. The molecular weight excluding hydrogens is 272 g/mol. The largest absolute Gasteiger partial charge is 0.456 e. The normalized spacial score (nSPS) is 9.81. The molecule has 0 aliphatic carbocycles. The van der Waals surface area contributed by atoms with Gasteiger partial charge in [-0.05, 0) is 24.6 Å². The maximum atomic E-state index is 11.6. The first-order valence-electron chi connectivity index (χ1n) is 6.84. The molecule has 0 radical (unpaired) electrons. The van der Waals surface area contributed by atoms with Gasteiger partial charge in [-0.2, -0.15) is 0 Å². The molecule has 0 aliphatic rings. The third-order valence-electron chi connectivity index (χ3n) is 2.57. The molecule has 6 nitrogen and oxygen atoms in total. The van der Waals surface area contributed by atoms with Crippen molar-refractivity contribution in [3.05, 3.63) is 24.3 Å². The van der Waals surface area contributed by atoms with E-state index in [0.29, 0.717) is 17.8 Å². The van der Waals surface area contributed by atoms with E-state index in [1.807, 2.05) is 6.92 Å². The van der Waals surface area contributed by atoms with Crippen molar-refractivity contribution in [2.45, 2.75) is 33.1 Å². The summed E-state index contributed by atoms with van der Waals surface area (Å²) in [5.74, 6) is -0.984. The predicted octanol–water partition coefficient (Wildman–Crippen LogP) is 2.32. The van der Waals surface area contributed by atoms with Gasteiger partial charge in [-0.25, -0.2) is 0 Å². The second-order valence-electron chi connectivity index (χ2n) is 4.57. The molecule has 0 aliphatic heterocycles. The average molecular weight is 292 g/mol. The fraction of sp³-hybridized carbons (Fsp3) is 0.400. The number of carbonyl (C=O) groups excluding carboxylic acids is 3. The van der Waals surface area contributed by atoms with Gasteiger partial charge < -0.3 is 15.4 Å². The first-order valence-corrected chi connectivity index (χ1v) is 6.84. The number of esters is 1. The highest BCUT2D eigenvalue weighted by molar-refractivity contribution is 5.94. The molecule has 1 aromatic carbocycles. The Labute approximate surface area is 123 Å². The van der Waals surface area contributed by atoms with Crippen LogP contribution in [0.1, 0.15) is 33.1 Å². The lowest BCUT2D eigenvalue weighted by Gasteiger charge is -2.08. The number of benzene rings is 1. The number of unbranched alkanes of at least 4 members (excludes halogenated alkanes) is 1. The maximum Gasteiger partial charge on any atom is 0.306 e. The van der Waals surface area contributed by atoms with Gasteiger partial charge in [0.15, 0.2) is 6.61 Å². The molecule has 0 bridgehead atoms. The van der Waals surface area contributed by atoms with Crippen LogP contribution in [0.15, 0.2) is 24.3 Å². The van der Waals surface area contributed by atoms with Crippen molar-refractivity contribution in [3.63, 3.8) is 0 Å². The van der Waals surface area contributed by atoms with E-state index >= 15 is 0 Å². The summed E-state index contributed by atoms with van der Waals surface area (Å²) in [6.45, 7) is 3.07. The first-order chi connectivity index (χ1) is 10.0. The van der Waals surface area contributed by atoms with E-state index in [-0.39, 0.29) is 18.5 Å². The van der Waals surface area contributed by atoms with Crippen LogP contribution in [0.3, 0.4) is 0 Å². The number of amides is 2. The lowest BCUT2D eigenvalue weighted by atomic mass is 10.2. The maximum absolute atomic E-state index is 11.6. The Morgan fingerprint density at radius 2 is 1.81 bits per heavy atom. The number of ether oxygens (including phenoxy) is 1. The molecule has 0 unspecified atom stereocenters. The lowest BCUT2D eigenvalue weighted by molar-refractivity contribution is -0.147. The minimum absolute atomic E-state index is 0.191. The molecule has 2 amide bonds. The van der Waals surface area contributed by atoms with Gasteiger partial charge >= 0.3 is 5.97 Å². The number of hydrogen-bond acceptors (Lipinski definition) is 4. The van der Waals surface area contributed by atoms with Gasteiger partial charge in [0.2, 0.25) is 5.91 Å². The Bertz CT molecular complexity index is 514. The van der Waals surface area contributed by atoms with Crippen molar-refractivity contribution in [2.75, 3.05) is 17.2 Å². The highest BCUT2D eigenvalue weighted by atomic mass is 16.5. The molecule has 0 heterocycles. The number of hydrogen-bond donors (Lipinski definition) is 2. The van der Waals surface area contributed by atoms with E-state index in [1.54, 1.807) is 24.3 Å². The summed E-state index contributed by atoms with van der Waals surface area (Å²) in [5.41, 5.74) is 1.11. The monoisotopic (exact) mass is 292 g/mol. The summed E-state index contributed by atoms with van der Waals surface area (Å²) in [6.07, 6.45) is 1.97. The Morgan fingerprint density at radius 3 is 2.43 bits per heavy atom. The molecule has 6 heteroatoms. The number of anilines is 2. The SMILES string of the molecule is CCCCC(=O)OCC(=O)Nc1cccc(NC(C)=O)c1. The van der Waals surface area contributed by atoms with Crippen molar-refractivity contribution >= 4 is 29.2 Å². The second-order valence-corrected chi connectivity index (χ2v) is 4.57. The van der Waals surface area contributed by atoms with Crippen LogP contribution >= 0.6 is 0 Å². The Balaban J connectivity index is 2.44. The van der Waals surface area contributed by atoms with Crippen LogP contribution in [0.5, 0.6) is 0 Å². The van der Waals surface area contributed by atoms with E-state index in [4.69, 9.17) is 4.74 Å². The van der Waals surface area contributed by atoms with E-state index < -0.39 is 5.91 Å². The zero-order valence-corrected chi connectivity index (χ0v) is 12.3. The van der Waals surface area contributed by atoms with Gasteiger partial charge in [0.25, 0.3) is 5.91 Å². The molecule has 2 N–H and O–H groups in total. The van der Waals surface area contributed by atoms with Gasteiger partial charge in [0.1, 0.15) is 0 Å². The summed E-state index contributed by atoms with van der Waals surface area (Å²) < 4.78 is 4.85. The second kappa shape index (κ2) is 8.73. The fourth-order valence-corrected chi connectivity index (χ4v) is 1.61. The van der Waals surface area contributed by atoms with Gasteiger partial charge in [-0.1, -0.05) is 19.4 Å². The summed E-state index contributed by atoms with van der Waals surface area (Å²) in [6, 6.07) is 6.72. The highest BCUT2D eigenvalue weighted by Gasteiger charge is 2.08. The Kier molecular flexibility index (Phi) is 6.94. The number of nitrogens with one attached hydrogen (secondary N) is 2. The van der Waals surface area contributed by atoms with E-state index in [1.165, 1.54) is 6.92 Å². The van der Waals surface area contributed by atoms with Crippen LogP contribution in [0, 0.1) is 0 Å². The van der Waals surface area contributed by atoms with Gasteiger partial charge in [0, 0.05) is 24.7 Å².